The molecule has 2 N–H and O–H groups in total. The minimum atomic E-state index is -4.83. The van der Waals surface area contributed by atoms with Crippen molar-refractivity contribution in [3.05, 3.63) is 69.9 Å². The van der Waals surface area contributed by atoms with Gasteiger partial charge in [-0.05, 0) is 80.3 Å². The lowest BCUT2D eigenvalue weighted by Gasteiger charge is -2.17. The number of halogens is 3. The number of hydrogen-bond acceptors (Lipinski definition) is 6. The molecule has 0 aliphatic carbocycles. The highest BCUT2D eigenvalue weighted by atomic mass is 32.2. The number of rotatable bonds is 5. The number of ether oxygens (including phenoxy) is 1. The molecule has 1 amide bonds. The number of carbonyl (C=O) groups excluding carboxylic acids is 1. The number of aromatic nitrogens is 2. The summed E-state index contributed by atoms with van der Waals surface area (Å²) in [6.07, 6.45) is -3.61. The zero-order chi connectivity index (χ0) is 25.4. The SMILES string of the molecule is Cc1cc(Oc2nnc(C(F)(F)F)c(C)c2C(=O)Nc2cccc(S(C)(=N)=O)c2)cc(C)c1C. The highest BCUT2D eigenvalue weighted by molar-refractivity contribution is 7.91. The lowest BCUT2D eigenvalue weighted by molar-refractivity contribution is -0.142. The number of anilines is 1. The normalized spacial score (nSPS) is 13.3. The minimum absolute atomic E-state index is 0.155. The number of amides is 1. The summed E-state index contributed by atoms with van der Waals surface area (Å²) in [6, 6.07) is 9.12. The average Bonchev–Trinajstić information content (AvgIpc) is 2.70. The highest BCUT2D eigenvalue weighted by Crippen LogP contribution is 2.35. The number of benzene rings is 2. The number of nitrogens with zero attached hydrogens (tertiary/aromatic N) is 2. The van der Waals surface area contributed by atoms with Gasteiger partial charge in [-0.15, -0.1) is 10.2 Å². The maximum atomic E-state index is 13.5. The second kappa shape index (κ2) is 9.05. The van der Waals surface area contributed by atoms with Crippen molar-refractivity contribution < 1.29 is 26.9 Å². The summed E-state index contributed by atoms with van der Waals surface area (Å²) < 4.78 is 65.9. The molecule has 1 atom stereocenters. The molecule has 0 fully saturated rings. The van der Waals surface area contributed by atoms with E-state index in [1.54, 1.807) is 12.1 Å². The van der Waals surface area contributed by atoms with Gasteiger partial charge in [-0.25, -0.2) is 8.99 Å². The third-order valence-corrected chi connectivity index (χ3v) is 6.49. The van der Waals surface area contributed by atoms with Gasteiger partial charge in [0.25, 0.3) is 11.8 Å². The number of carbonyl (C=O) groups is 1. The standard InChI is InChI=1S/C23H23F3N4O3S/c1-12-9-17(10-13(2)14(12)3)33-22-19(15(4)20(29-30-22)23(24,25)26)21(31)28-16-7-6-8-18(11-16)34(5,27)32/h6-11,27H,1-5H3,(H,28,31). The van der Waals surface area contributed by atoms with Crippen LogP contribution in [-0.4, -0.2) is 26.6 Å². The number of alkyl halides is 3. The summed E-state index contributed by atoms with van der Waals surface area (Å²) in [5.74, 6) is -1.01. The van der Waals surface area contributed by atoms with Crippen molar-refractivity contribution in [3.63, 3.8) is 0 Å². The fourth-order valence-electron chi connectivity index (χ4n) is 3.28. The lowest BCUT2D eigenvalue weighted by Crippen LogP contribution is -2.21. The van der Waals surface area contributed by atoms with Crippen molar-refractivity contribution in [3.8, 4) is 11.6 Å². The van der Waals surface area contributed by atoms with Crippen molar-refractivity contribution >= 4 is 21.3 Å². The third-order valence-electron chi connectivity index (χ3n) is 5.34. The molecular formula is C23H23F3N4O3S. The second-order valence-electron chi connectivity index (χ2n) is 7.96. The Morgan fingerprint density at radius 3 is 2.21 bits per heavy atom. The van der Waals surface area contributed by atoms with E-state index >= 15 is 0 Å². The fraction of sp³-hybridized carbons (Fsp3) is 0.261. The van der Waals surface area contributed by atoms with E-state index in [4.69, 9.17) is 9.52 Å². The third kappa shape index (κ3) is 5.36. The van der Waals surface area contributed by atoms with Crippen LogP contribution in [0.3, 0.4) is 0 Å². The highest BCUT2D eigenvalue weighted by Gasteiger charge is 2.38. The Balaban J connectivity index is 2.09. The first-order valence-electron chi connectivity index (χ1n) is 10.0. The van der Waals surface area contributed by atoms with Gasteiger partial charge in [0.1, 0.15) is 11.3 Å². The monoisotopic (exact) mass is 492 g/mol. The Labute approximate surface area is 195 Å². The van der Waals surface area contributed by atoms with E-state index in [2.05, 4.69) is 15.5 Å². The smallest absolute Gasteiger partial charge is 0.435 e. The molecule has 34 heavy (non-hydrogen) atoms. The summed E-state index contributed by atoms with van der Waals surface area (Å²) in [6.45, 7) is 6.76. The molecule has 180 valence electrons. The van der Waals surface area contributed by atoms with E-state index in [1.165, 1.54) is 30.5 Å². The molecule has 0 saturated heterocycles. The Kier molecular flexibility index (Phi) is 6.70. The van der Waals surface area contributed by atoms with Crippen LogP contribution in [0, 0.1) is 32.5 Å². The zero-order valence-electron chi connectivity index (χ0n) is 19.1. The molecule has 7 nitrogen and oxygen atoms in total. The Hall–Kier alpha value is -3.47. The molecule has 0 aliphatic heterocycles. The van der Waals surface area contributed by atoms with Crippen molar-refractivity contribution in [2.75, 3.05) is 11.6 Å². The van der Waals surface area contributed by atoms with Crippen molar-refractivity contribution in [1.82, 2.24) is 10.2 Å². The van der Waals surface area contributed by atoms with Gasteiger partial charge in [-0.2, -0.15) is 13.2 Å². The van der Waals surface area contributed by atoms with Crippen LogP contribution in [-0.2, 0) is 15.9 Å². The molecule has 2 aromatic carbocycles. The zero-order valence-corrected chi connectivity index (χ0v) is 19.9. The quantitative estimate of drug-likeness (QED) is 0.468. The van der Waals surface area contributed by atoms with E-state index in [0.717, 1.165) is 23.6 Å². The van der Waals surface area contributed by atoms with Gasteiger partial charge in [-0.3, -0.25) is 4.79 Å². The van der Waals surface area contributed by atoms with Crippen LogP contribution in [0.5, 0.6) is 11.6 Å². The first kappa shape index (κ1) is 25.2. The predicted octanol–water partition coefficient (Wildman–Crippen LogP) is 5.81. The summed E-state index contributed by atoms with van der Waals surface area (Å²) >= 11 is 0. The average molecular weight is 493 g/mol. The largest absolute Gasteiger partial charge is 0.437 e. The molecule has 0 aliphatic rings. The second-order valence-corrected chi connectivity index (χ2v) is 10.1. The molecule has 1 heterocycles. The number of nitrogens with one attached hydrogen (secondary N) is 2. The van der Waals surface area contributed by atoms with Gasteiger partial charge in [0.15, 0.2) is 5.69 Å². The Bertz CT molecular complexity index is 1360. The van der Waals surface area contributed by atoms with E-state index in [0.29, 0.717) is 5.75 Å². The van der Waals surface area contributed by atoms with Crippen molar-refractivity contribution in [1.29, 1.82) is 4.78 Å². The van der Waals surface area contributed by atoms with Crippen molar-refractivity contribution in [2.24, 2.45) is 0 Å². The van der Waals surface area contributed by atoms with Gasteiger partial charge in [0, 0.05) is 16.8 Å². The maximum absolute atomic E-state index is 13.5. The van der Waals surface area contributed by atoms with Gasteiger partial charge in [0.2, 0.25) is 0 Å². The molecule has 0 bridgehead atoms. The summed E-state index contributed by atoms with van der Waals surface area (Å²) in [5, 5.41) is 9.32. The first-order valence-corrected chi connectivity index (χ1v) is 12.0. The molecule has 1 aromatic heterocycles. The van der Waals surface area contributed by atoms with Crippen LogP contribution in [0.1, 0.15) is 38.3 Å². The molecule has 3 aromatic rings. The van der Waals surface area contributed by atoms with Crippen LogP contribution < -0.4 is 10.1 Å². The molecule has 0 spiro atoms. The van der Waals surface area contributed by atoms with Crippen LogP contribution in [0.25, 0.3) is 0 Å². The Morgan fingerprint density at radius 2 is 1.65 bits per heavy atom. The molecule has 1 unspecified atom stereocenters. The molecular weight excluding hydrogens is 469 g/mol. The van der Waals surface area contributed by atoms with Gasteiger partial charge in [-0.1, -0.05) is 6.07 Å². The molecule has 0 saturated carbocycles. The minimum Gasteiger partial charge on any atom is -0.437 e. The predicted molar refractivity (Wildman–Crippen MR) is 122 cm³/mol. The molecule has 0 radical (unpaired) electrons. The van der Waals surface area contributed by atoms with E-state index in [1.807, 2.05) is 20.8 Å². The Morgan fingerprint density at radius 1 is 1.03 bits per heavy atom. The topological polar surface area (TPSA) is 105 Å². The number of hydrogen-bond donors (Lipinski definition) is 2. The van der Waals surface area contributed by atoms with Gasteiger partial charge >= 0.3 is 6.18 Å². The van der Waals surface area contributed by atoms with Crippen molar-refractivity contribution in [2.45, 2.75) is 38.8 Å². The molecule has 3 rings (SSSR count). The maximum Gasteiger partial charge on any atom is 0.435 e. The summed E-state index contributed by atoms with van der Waals surface area (Å²) in [7, 11) is -3.07. The number of aryl methyl sites for hydroxylation is 2. The fourth-order valence-corrected chi connectivity index (χ4v) is 3.97. The van der Waals surface area contributed by atoms with E-state index in [-0.39, 0.29) is 16.5 Å². The van der Waals surface area contributed by atoms with E-state index in [9.17, 15) is 22.2 Å². The first-order chi connectivity index (χ1) is 15.7. The van der Waals surface area contributed by atoms with Crippen LogP contribution in [0.4, 0.5) is 18.9 Å². The van der Waals surface area contributed by atoms with Gasteiger partial charge in [0.05, 0.1) is 9.73 Å². The van der Waals surface area contributed by atoms with Crippen LogP contribution in [0.2, 0.25) is 0 Å². The summed E-state index contributed by atoms with van der Waals surface area (Å²) in [4.78, 5) is 13.3. The summed E-state index contributed by atoms with van der Waals surface area (Å²) in [5.41, 5.74) is 0.778. The van der Waals surface area contributed by atoms with Gasteiger partial charge < -0.3 is 10.1 Å². The van der Waals surface area contributed by atoms with Crippen LogP contribution >= 0.6 is 0 Å². The lowest BCUT2D eigenvalue weighted by atomic mass is 10.0. The van der Waals surface area contributed by atoms with Crippen LogP contribution in [0.15, 0.2) is 41.3 Å². The van der Waals surface area contributed by atoms with E-state index < -0.39 is 38.6 Å². The molecule has 11 heteroatoms.